The minimum Gasteiger partial charge on any atom is -0.494 e. The van der Waals surface area contributed by atoms with Crippen molar-refractivity contribution in [3.63, 3.8) is 0 Å². The fourth-order valence-electron chi connectivity index (χ4n) is 2.23. The quantitative estimate of drug-likeness (QED) is 0.529. The number of guanidine groups is 1. The Kier molecular flexibility index (Phi) is 8.26. The topological polar surface area (TPSA) is 67.8 Å². The van der Waals surface area contributed by atoms with E-state index in [2.05, 4.69) is 34.5 Å². The third-order valence-corrected chi connectivity index (χ3v) is 3.57. The second-order valence-electron chi connectivity index (χ2n) is 5.74. The maximum Gasteiger partial charge on any atom is 0.224 e. The second-order valence-corrected chi connectivity index (χ2v) is 5.74. The fraction of sp³-hybridized carbons (Fsp3) is 0.400. The lowest BCUT2D eigenvalue weighted by Gasteiger charge is -2.14. The number of ether oxygens (including phenoxy) is 2. The van der Waals surface area contributed by atoms with Crippen LogP contribution in [0, 0.1) is 0 Å². The van der Waals surface area contributed by atoms with Crippen LogP contribution < -0.4 is 20.1 Å². The normalized spacial score (nSPS) is 11.1. The van der Waals surface area contributed by atoms with Gasteiger partial charge in [0.2, 0.25) is 5.88 Å². The van der Waals surface area contributed by atoms with Crippen molar-refractivity contribution in [2.75, 3.05) is 20.2 Å². The van der Waals surface area contributed by atoms with Crippen LogP contribution in [0.2, 0.25) is 0 Å². The first-order valence-electron chi connectivity index (χ1n) is 9.06. The Hall–Kier alpha value is -2.76. The van der Waals surface area contributed by atoms with Gasteiger partial charge >= 0.3 is 0 Å². The summed E-state index contributed by atoms with van der Waals surface area (Å²) in [5, 5.41) is 6.52. The van der Waals surface area contributed by atoms with Crippen molar-refractivity contribution in [1.82, 2.24) is 15.6 Å². The van der Waals surface area contributed by atoms with Crippen molar-refractivity contribution in [3.8, 4) is 17.4 Å². The third-order valence-electron chi connectivity index (χ3n) is 3.57. The Morgan fingerprint density at radius 1 is 1.04 bits per heavy atom. The highest BCUT2D eigenvalue weighted by Crippen LogP contribution is 2.25. The molecule has 0 saturated heterocycles. The molecule has 0 atom stereocenters. The van der Waals surface area contributed by atoms with Gasteiger partial charge in [0, 0.05) is 31.9 Å². The minimum atomic E-state index is 0.574. The van der Waals surface area contributed by atoms with Gasteiger partial charge in [-0.2, -0.15) is 0 Å². The van der Waals surface area contributed by atoms with E-state index in [9.17, 15) is 0 Å². The number of aromatic nitrogens is 1. The van der Waals surface area contributed by atoms with Crippen LogP contribution in [-0.4, -0.2) is 31.1 Å². The van der Waals surface area contributed by atoms with E-state index in [1.54, 1.807) is 13.2 Å². The molecule has 0 aliphatic carbocycles. The van der Waals surface area contributed by atoms with E-state index in [1.807, 2.05) is 36.4 Å². The Morgan fingerprint density at radius 2 is 1.81 bits per heavy atom. The predicted octanol–water partition coefficient (Wildman–Crippen LogP) is 3.74. The van der Waals surface area contributed by atoms with Gasteiger partial charge in [-0.15, -0.1) is 0 Å². The SMILES string of the molecule is CCCNC(=NC)NCc1cccnc1Oc1ccc(OCCC)cc1. The number of aliphatic imine (C=N–C) groups is 1. The summed E-state index contributed by atoms with van der Waals surface area (Å²) in [5.41, 5.74) is 0.957. The zero-order valence-corrected chi connectivity index (χ0v) is 15.8. The number of pyridine rings is 1. The second kappa shape index (κ2) is 11.0. The van der Waals surface area contributed by atoms with E-state index in [-0.39, 0.29) is 0 Å². The summed E-state index contributed by atoms with van der Waals surface area (Å²) >= 11 is 0. The molecule has 6 nitrogen and oxygen atoms in total. The van der Waals surface area contributed by atoms with Gasteiger partial charge in [0.05, 0.1) is 6.61 Å². The van der Waals surface area contributed by atoms with Crippen LogP contribution in [0.5, 0.6) is 17.4 Å². The van der Waals surface area contributed by atoms with Crippen molar-refractivity contribution in [1.29, 1.82) is 0 Å². The molecule has 2 N–H and O–H groups in total. The Morgan fingerprint density at radius 3 is 2.50 bits per heavy atom. The molecule has 0 aliphatic rings. The molecule has 2 aromatic rings. The Labute approximate surface area is 155 Å². The standard InChI is InChI=1S/C20H28N4O2/c1-4-12-23-20(21-3)24-15-16-7-6-13-22-19(16)26-18-10-8-17(9-11-18)25-14-5-2/h6-11,13H,4-5,12,14-15H2,1-3H3,(H2,21,23,24). The van der Waals surface area contributed by atoms with Crippen molar-refractivity contribution in [2.24, 2.45) is 4.99 Å². The molecule has 0 spiro atoms. The summed E-state index contributed by atoms with van der Waals surface area (Å²) in [4.78, 5) is 8.57. The number of benzene rings is 1. The highest BCUT2D eigenvalue weighted by Gasteiger charge is 2.07. The third kappa shape index (κ3) is 6.27. The summed E-state index contributed by atoms with van der Waals surface area (Å²) in [6.07, 6.45) is 3.75. The lowest BCUT2D eigenvalue weighted by atomic mass is 10.2. The highest BCUT2D eigenvalue weighted by atomic mass is 16.5. The molecule has 1 aromatic heterocycles. The van der Waals surface area contributed by atoms with Gasteiger partial charge in [0.25, 0.3) is 0 Å². The fourth-order valence-corrected chi connectivity index (χ4v) is 2.23. The van der Waals surface area contributed by atoms with Gasteiger partial charge in [-0.3, -0.25) is 4.99 Å². The largest absolute Gasteiger partial charge is 0.494 e. The van der Waals surface area contributed by atoms with E-state index in [1.165, 1.54) is 0 Å². The smallest absolute Gasteiger partial charge is 0.224 e. The molecule has 0 amide bonds. The Bertz CT molecular complexity index is 686. The Balaban J connectivity index is 1.99. The molecule has 6 heteroatoms. The number of nitrogens with zero attached hydrogens (tertiary/aromatic N) is 2. The monoisotopic (exact) mass is 356 g/mol. The van der Waals surface area contributed by atoms with Gasteiger partial charge < -0.3 is 20.1 Å². The van der Waals surface area contributed by atoms with Crippen LogP contribution in [0.4, 0.5) is 0 Å². The van der Waals surface area contributed by atoms with E-state index in [4.69, 9.17) is 9.47 Å². The number of nitrogens with one attached hydrogen (secondary N) is 2. The van der Waals surface area contributed by atoms with Crippen molar-refractivity contribution in [3.05, 3.63) is 48.2 Å². The molecule has 0 saturated carbocycles. The van der Waals surface area contributed by atoms with E-state index < -0.39 is 0 Å². The molecule has 2 rings (SSSR count). The van der Waals surface area contributed by atoms with E-state index in [0.717, 1.165) is 42.4 Å². The number of rotatable bonds is 9. The van der Waals surface area contributed by atoms with E-state index in [0.29, 0.717) is 19.0 Å². The molecular formula is C20H28N4O2. The van der Waals surface area contributed by atoms with Gasteiger partial charge in [-0.05, 0) is 43.2 Å². The lowest BCUT2D eigenvalue weighted by Crippen LogP contribution is -2.37. The molecule has 1 heterocycles. The number of hydrogen-bond acceptors (Lipinski definition) is 4. The molecule has 0 bridgehead atoms. The molecule has 1 aromatic carbocycles. The summed E-state index contributed by atoms with van der Waals surface area (Å²) in [6, 6.07) is 11.5. The summed E-state index contributed by atoms with van der Waals surface area (Å²) in [5.74, 6) is 2.91. The average Bonchev–Trinajstić information content (AvgIpc) is 2.68. The van der Waals surface area contributed by atoms with Crippen molar-refractivity contribution < 1.29 is 9.47 Å². The molecule has 0 unspecified atom stereocenters. The van der Waals surface area contributed by atoms with Crippen LogP contribution in [-0.2, 0) is 6.54 Å². The van der Waals surface area contributed by atoms with Crippen molar-refractivity contribution >= 4 is 5.96 Å². The first kappa shape index (κ1) is 19.6. The van der Waals surface area contributed by atoms with Crippen molar-refractivity contribution in [2.45, 2.75) is 33.2 Å². The lowest BCUT2D eigenvalue weighted by molar-refractivity contribution is 0.317. The highest BCUT2D eigenvalue weighted by molar-refractivity contribution is 5.79. The summed E-state index contributed by atoms with van der Waals surface area (Å²) < 4.78 is 11.5. The average molecular weight is 356 g/mol. The van der Waals surface area contributed by atoms with Gasteiger partial charge in [0.1, 0.15) is 11.5 Å². The molecular weight excluding hydrogens is 328 g/mol. The van der Waals surface area contributed by atoms with Crippen LogP contribution in [0.25, 0.3) is 0 Å². The summed E-state index contributed by atoms with van der Waals surface area (Å²) in [6.45, 7) is 6.36. The van der Waals surface area contributed by atoms with Gasteiger partial charge in [-0.25, -0.2) is 4.98 Å². The molecule has 0 fully saturated rings. The number of hydrogen-bond donors (Lipinski definition) is 2. The summed E-state index contributed by atoms with van der Waals surface area (Å²) in [7, 11) is 1.76. The van der Waals surface area contributed by atoms with Crippen LogP contribution in [0.3, 0.4) is 0 Å². The predicted molar refractivity (Wildman–Crippen MR) is 105 cm³/mol. The zero-order valence-electron chi connectivity index (χ0n) is 15.8. The maximum atomic E-state index is 5.95. The van der Waals surface area contributed by atoms with Crippen LogP contribution in [0.15, 0.2) is 47.6 Å². The van der Waals surface area contributed by atoms with Gasteiger partial charge in [-0.1, -0.05) is 19.9 Å². The van der Waals surface area contributed by atoms with Gasteiger partial charge in [0.15, 0.2) is 5.96 Å². The van der Waals surface area contributed by atoms with E-state index >= 15 is 0 Å². The first-order chi connectivity index (χ1) is 12.8. The zero-order chi connectivity index (χ0) is 18.6. The van der Waals surface area contributed by atoms with Crippen LogP contribution >= 0.6 is 0 Å². The molecule has 26 heavy (non-hydrogen) atoms. The van der Waals surface area contributed by atoms with Crippen LogP contribution in [0.1, 0.15) is 32.3 Å². The molecule has 0 aliphatic heterocycles. The first-order valence-corrected chi connectivity index (χ1v) is 9.06. The maximum absolute atomic E-state index is 5.95. The molecule has 140 valence electrons. The minimum absolute atomic E-state index is 0.574. The molecule has 0 radical (unpaired) electrons.